The van der Waals surface area contributed by atoms with E-state index in [0.29, 0.717) is 10.6 Å². The van der Waals surface area contributed by atoms with E-state index in [1.54, 1.807) is 24.3 Å². The van der Waals surface area contributed by atoms with E-state index < -0.39 is 23.7 Å². The summed E-state index contributed by atoms with van der Waals surface area (Å²) in [5.41, 5.74) is 0.719. The number of methoxy groups -OCH3 is 1. The molecule has 0 aliphatic carbocycles. The Morgan fingerprint density at radius 3 is 2.71 bits per heavy atom. The van der Waals surface area contributed by atoms with E-state index >= 15 is 0 Å². The second-order valence-electron chi connectivity index (χ2n) is 4.81. The van der Waals surface area contributed by atoms with Gasteiger partial charge in [0.05, 0.1) is 35.6 Å². The number of carbonyl (C=O) groups is 2. The second-order valence-corrected chi connectivity index (χ2v) is 6.21. The van der Waals surface area contributed by atoms with Crippen molar-refractivity contribution in [1.82, 2.24) is 5.32 Å². The van der Waals surface area contributed by atoms with Gasteiger partial charge in [0.1, 0.15) is 5.92 Å². The van der Waals surface area contributed by atoms with E-state index in [2.05, 4.69) is 10.1 Å². The van der Waals surface area contributed by atoms with Crippen molar-refractivity contribution in [3.05, 3.63) is 45.5 Å². The topological polar surface area (TPSA) is 103 Å². The summed E-state index contributed by atoms with van der Waals surface area (Å²) in [6.07, 6.45) is 0. The van der Waals surface area contributed by atoms with Gasteiger partial charge in [-0.25, -0.2) is 0 Å². The molecular weight excluding hydrogens is 350 g/mol. The number of nitriles is 2. The van der Waals surface area contributed by atoms with Crippen molar-refractivity contribution in [3.8, 4) is 12.1 Å². The molecule has 2 rings (SSSR count). The fraction of sp³-hybridized carbons (Fsp3) is 0.250. The standard InChI is InChI=1S/C16H12ClN3O3S/c1-23-13(21)8-24-16-11(7-19)14(10(6-18)15(22)20-16)9-4-2-3-5-12(9)17/h2-5,10,14H,8H2,1H3,(H,20,22). The van der Waals surface area contributed by atoms with Gasteiger partial charge in [-0.1, -0.05) is 41.6 Å². The molecule has 122 valence electrons. The first kappa shape index (κ1) is 17.9. The quantitative estimate of drug-likeness (QED) is 0.825. The van der Waals surface area contributed by atoms with Crippen molar-refractivity contribution in [1.29, 1.82) is 10.5 Å². The molecule has 1 aliphatic rings. The fourth-order valence-electron chi connectivity index (χ4n) is 2.34. The van der Waals surface area contributed by atoms with Crippen LogP contribution in [-0.2, 0) is 14.3 Å². The van der Waals surface area contributed by atoms with Gasteiger partial charge in [-0.15, -0.1) is 0 Å². The van der Waals surface area contributed by atoms with Crippen LogP contribution in [0.5, 0.6) is 0 Å². The van der Waals surface area contributed by atoms with Gasteiger partial charge < -0.3 is 10.1 Å². The monoisotopic (exact) mass is 361 g/mol. The van der Waals surface area contributed by atoms with Crippen LogP contribution in [0.25, 0.3) is 0 Å². The predicted octanol–water partition coefficient (Wildman–Crippen LogP) is 2.33. The Bertz CT molecular complexity index is 794. The molecule has 0 saturated carbocycles. The molecule has 0 aromatic heterocycles. The van der Waals surface area contributed by atoms with Crippen molar-refractivity contribution in [2.75, 3.05) is 12.9 Å². The number of benzene rings is 1. The zero-order valence-electron chi connectivity index (χ0n) is 12.6. The Labute approximate surface area is 148 Å². The molecule has 0 fully saturated rings. The normalized spacial score (nSPS) is 19.9. The van der Waals surface area contributed by atoms with Crippen LogP contribution in [-0.4, -0.2) is 24.7 Å². The number of nitrogens with one attached hydrogen (secondary N) is 1. The largest absolute Gasteiger partial charge is 0.468 e. The summed E-state index contributed by atoms with van der Waals surface area (Å²) in [6.45, 7) is 0. The number of nitrogens with zero attached hydrogens (tertiary/aromatic N) is 2. The lowest BCUT2D eigenvalue weighted by atomic mass is 9.79. The highest BCUT2D eigenvalue weighted by molar-refractivity contribution is 8.03. The summed E-state index contributed by atoms with van der Waals surface area (Å²) in [6, 6.07) is 10.7. The maximum atomic E-state index is 12.3. The summed E-state index contributed by atoms with van der Waals surface area (Å²) in [5.74, 6) is -2.96. The molecule has 1 aliphatic heterocycles. The van der Waals surface area contributed by atoms with E-state index in [0.717, 1.165) is 11.8 Å². The first-order chi connectivity index (χ1) is 11.5. The molecule has 0 bridgehead atoms. The third-order valence-corrected chi connectivity index (χ3v) is 4.80. The van der Waals surface area contributed by atoms with Crippen molar-refractivity contribution in [2.24, 2.45) is 5.92 Å². The average molecular weight is 362 g/mol. The van der Waals surface area contributed by atoms with Gasteiger partial charge in [0.15, 0.2) is 0 Å². The van der Waals surface area contributed by atoms with E-state index in [4.69, 9.17) is 11.6 Å². The highest BCUT2D eigenvalue weighted by Crippen LogP contribution is 2.41. The van der Waals surface area contributed by atoms with Crippen LogP contribution >= 0.6 is 23.4 Å². The van der Waals surface area contributed by atoms with Crippen molar-refractivity contribution in [2.45, 2.75) is 5.92 Å². The molecule has 1 heterocycles. The molecule has 1 N–H and O–H groups in total. The molecule has 8 heteroatoms. The molecule has 0 radical (unpaired) electrons. The summed E-state index contributed by atoms with van der Waals surface area (Å²) >= 11 is 7.17. The number of hydrogen-bond donors (Lipinski definition) is 1. The Morgan fingerprint density at radius 2 is 2.12 bits per heavy atom. The molecule has 1 aromatic carbocycles. The summed E-state index contributed by atoms with van der Waals surface area (Å²) in [7, 11) is 1.25. The number of allylic oxidation sites excluding steroid dienone is 1. The third-order valence-electron chi connectivity index (χ3n) is 3.47. The number of carbonyl (C=O) groups excluding carboxylic acids is 2. The molecule has 0 saturated heterocycles. The SMILES string of the molecule is COC(=O)CSC1=C(C#N)C(c2ccccc2Cl)C(C#N)C(=O)N1. The first-order valence-electron chi connectivity index (χ1n) is 6.82. The first-order valence-corrected chi connectivity index (χ1v) is 8.18. The van der Waals surface area contributed by atoms with E-state index in [9.17, 15) is 20.1 Å². The third kappa shape index (κ3) is 3.53. The number of rotatable bonds is 4. The van der Waals surface area contributed by atoms with Crippen LogP contribution in [0.2, 0.25) is 5.02 Å². The molecule has 0 spiro atoms. The van der Waals surface area contributed by atoms with Crippen LogP contribution in [0.4, 0.5) is 0 Å². The van der Waals surface area contributed by atoms with Crippen LogP contribution in [0, 0.1) is 28.6 Å². The van der Waals surface area contributed by atoms with Gasteiger partial charge in [-0.2, -0.15) is 10.5 Å². The Hall–Kier alpha value is -2.48. The van der Waals surface area contributed by atoms with Crippen molar-refractivity contribution in [3.63, 3.8) is 0 Å². The highest BCUT2D eigenvalue weighted by atomic mass is 35.5. The Balaban J connectivity index is 2.52. The van der Waals surface area contributed by atoms with Crippen LogP contribution in [0.15, 0.2) is 34.9 Å². The van der Waals surface area contributed by atoms with E-state index in [-0.39, 0.29) is 16.4 Å². The number of halogens is 1. The van der Waals surface area contributed by atoms with E-state index in [1.807, 2.05) is 12.1 Å². The number of ether oxygens (including phenoxy) is 1. The lowest BCUT2D eigenvalue weighted by Crippen LogP contribution is -2.39. The maximum Gasteiger partial charge on any atom is 0.316 e. The molecule has 2 unspecified atom stereocenters. The van der Waals surface area contributed by atoms with Gasteiger partial charge in [-0.3, -0.25) is 9.59 Å². The zero-order valence-corrected chi connectivity index (χ0v) is 14.1. The molecule has 2 atom stereocenters. The molecule has 1 aromatic rings. The Morgan fingerprint density at radius 1 is 1.42 bits per heavy atom. The summed E-state index contributed by atoms with van der Waals surface area (Å²) in [5, 5.41) is 22.1. The molecule has 24 heavy (non-hydrogen) atoms. The summed E-state index contributed by atoms with van der Waals surface area (Å²) < 4.78 is 4.56. The molecule has 6 nitrogen and oxygen atoms in total. The maximum absolute atomic E-state index is 12.3. The highest BCUT2D eigenvalue weighted by Gasteiger charge is 2.40. The van der Waals surface area contributed by atoms with Gasteiger partial charge in [-0.05, 0) is 11.6 Å². The van der Waals surface area contributed by atoms with Crippen LogP contribution in [0.3, 0.4) is 0 Å². The number of thioether (sulfide) groups is 1. The van der Waals surface area contributed by atoms with Crippen LogP contribution in [0.1, 0.15) is 11.5 Å². The minimum atomic E-state index is -1.08. The van der Waals surface area contributed by atoms with E-state index in [1.165, 1.54) is 7.11 Å². The smallest absolute Gasteiger partial charge is 0.316 e. The summed E-state index contributed by atoms with van der Waals surface area (Å²) in [4.78, 5) is 23.6. The molecular formula is C16H12ClN3O3S. The number of amides is 1. The molecule has 1 amide bonds. The second kappa shape index (κ2) is 7.87. The van der Waals surface area contributed by atoms with Crippen LogP contribution < -0.4 is 5.32 Å². The van der Waals surface area contributed by atoms with Gasteiger partial charge in [0.25, 0.3) is 0 Å². The lowest BCUT2D eigenvalue weighted by molar-refractivity contribution is -0.137. The minimum absolute atomic E-state index is 0.0657. The predicted molar refractivity (Wildman–Crippen MR) is 88.6 cm³/mol. The minimum Gasteiger partial charge on any atom is -0.468 e. The van der Waals surface area contributed by atoms with Crippen molar-refractivity contribution >= 4 is 35.2 Å². The van der Waals surface area contributed by atoms with Gasteiger partial charge in [0, 0.05) is 10.9 Å². The fourth-order valence-corrected chi connectivity index (χ4v) is 3.47. The van der Waals surface area contributed by atoms with Crippen molar-refractivity contribution < 1.29 is 14.3 Å². The lowest BCUT2D eigenvalue weighted by Gasteiger charge is -2.29. The van der Waals surface area contributed by atoms with Gasteiger partial charge >= 0.3 is 5.97 Å². The number of hydrogen-bond acceptors (Lipinski definition) is 6. The zero-order chi connectivity index (χ0) is 17.7. The average Bonchev–Trinajstić information content (AvgIpc) is 2.59. The van der Waals surface area contributed by atoms with Gasteiger partial charge in [0.2, 0.25) is 5.91 Å². The Kier molecular flexibility index (Phi) is 5.86. The number of esters is 1.